The molecule has 0 unspecified atom stereocenters. The van der Waals surface area contributed by atoms with Crippen LogP contribution in [0.1, 0.15) is 29.7 Å². The Kier molecular flexibility index (Phi) is 4.73. The molecular formula is C21H28N4. The molecule has 4 rings (SSSR count). The Morgan fingerprint density at radius 3 is 2.84 bits per heavy atom. The minimum absolute atomic E-state index is 0.572. The molecule has 2 fully saturated rings. The van der Waals surface area contributed by atoms with Crippen LogP contribution < -0.4 is 0 Å². The fourth-order valence-corrected chi connectivity index (χ4v) is 4.44. The lowest BCUT2D eigenvalue weighted by molar-refractivity contribution is 0.0454. The lowest BCUT2D eigenvalue weighted by Crippen LogP contribution is -2.56. The molecule has 1 aromatic carbocycles. The van der Waals surface area contributed by atoms with Gasteiger partial charge in [0.1, 0.15) is 0 Å². The van der Waals surface area contributed by atoms with E-state index in [1.165, 1.54) is 49.3 Å². The summed E-state index contributed by atoms with van der Waals surface area (Å²) < 4.78 is 1.88. The zero-order chi connectivity index (χ0) is 17.2. The molecule has 2 atom stereocenters. The third-order valence-electron chi connectivity index (χ3n) is 5.91. The second-order valence-corrected chi connectivity index (χ2v) is 7.45. The number of hydrogen-bond acceptors (Lipinski definition) is 3. The Morgan fingerprint density at radius 1 is 1.24 bits per heavy atom. The first-order valence-corrected chi connectivity index (χ1v) is 9.42. The van der Waals surface area contributed by atoms with Gasteiger partial charge < -0.3 is 0 Å². The quantitative estimate of drug-likeness (QED) is 0.838. The molecule has 0 N–H and O–H groups in total. The highest BCUT2D eigenvalue weighted by Gasteiger charge is 2.36. The van der Waals surface area contributed by atoms with Crippen molar-refractivity contribution in [1.82, 2.24) is 19.6 Å². The van der Waals surface area contributed by atoms with Gasteiger partial charge in [0.25, 0.3) is 0 Å². The Labute approximate surface area is 150 Å². The maximum Gasteiger partial charge on any atom is 0.0541 e. The lowest BCUT2D eigenvalue weighted by Gasteiger charge is -2.44. The summed E-state index contributed by atoms with van der Waals surface area (Å²) in [5.41, 5.74) is 3.97. The molecule has 4 nitrogen and oxygen atoms in total. The SMILES string of the molecule is C=Cn1ncc(CN2C[C@@H]3CCCN3C[C@@H]2Cc2ccccc2)c1C. The molecule has 0 spiro atoms. The van der Waals surface area contributed by atoms with Crippen molar-refractivity contribution in [1.29, 1.82) is 0 Å². The van der Waals surface area contributed by atoms with Crippen LogP contribution in [0.5, 0.6) is 0 Å². The summed E-state index contributed by atoms with van der Waals surface area (Å²) >= 11 is 0. The Hall–Kier alpha value is -1.91. The molecule has 132 valence electrons. The van der Waals surface area contributed by atoms with Gasteiger partial charge >= 0.3 is 0 Å². The van der Waals surface area contributed by atoms with Gasteiger partial charge in [-0.1, -0.05) is 36.9 Å². The normalized spacial score (nSPS) is 24.4. The largest absolute Gasteiger partial charge is 0.298 e. The molecule has 0 aliphatic carbocycles. The van der Waals surface area contributed by atoms with Crippen LogP contribution in [-0.2, 0) is 13.0 Å². The van der Waals surface area contributed by atoms with Gasteiger partial charge in [0.2, 0.25) is 0 Å². The second kappa shape index (κ2) is 7.14. The average molecular weight is 336 g/mol. The van der Waals surface area contributed by atoms with Crippen molar-refractivity contribution in [2.45, 2.75) is 44.8 Å². The van der Waals surface area contributed by atoms with Gasteiger partial charge in [0.15, 0.2) is 0 Å². The van der Waals surface area contributed by atoms with Crippen LogP contribution in [-0.4, -0.2) is 51.3 Å². The van der Waals surface area contributed by atoms with Gasteiger partial charge in [-0.15, -0.1) is 0 Å². The average Bonchev–Trinajstić information content (AvgIpc) is 3.22. The summed E-state index contributed by atoms with van der Waals surface area (Å²) in [6.45, 7) is 10.6. The minimum Gasteiger partial charge on any atom is -0.298 e. The summed E-state index contributed by atoms with van der Waals surface area (Å²) in [5.74, 6) is 0. The highest BCUT2D eigenvalue weighted by atomic mass is 15.3. The van der Waals surface area contributed by atoms with Gasteiger partial charge in [-0.2, -0.15) is 5.10 Å². The first-order chi connectivity index (χ1) is 12.2. The van der Waals surface area contributed by atoms with E-state index in [0.717, 1.165) is 19.0 Å². The fraction of sp³-hybridized carbons (Fsp3) is 0.476. The zero-order valence-electron chi connectivity index (χ0n) is 15.1. The number of fused-ring (bicyclic) bond motifs is 1. The first kappa shape index (κ1) is 16.6. The minimum atomic E-state index is 0.572. The Balaban J connectivity index is 1.54. The number of nitrogens with zero attached hydrogens (tertiary/aromatic N) is 4. The Bertz CT molecular complexity index is 721. The number of rotatable bonds is 5. The van der Waals surface area contributed by atoms with Crippen LogP contribution in [0.2, 0.25) is 0 Å². The van der Waals surface area contributed by atoms with E-state index < -0.39 is 0 Å². The van der Waals surface area contributed by atoms with Gasteiger partial charge in [-0.25, -0.2) is 4.68 Å². The predicted molar refractivity (Wildman–Crippen MR) is 102 cm³/mol. The molecule has 2 aliphatic heterocycles. The molecular weight excluding hydrogens is 308 g/mol. The van der Waals surface area contributed by atoms with Crippen molar-refractivity contribution in [2.24, 2.45) is 0 Å². The molecule has 0 radical (unpaired) electrons. The van der Waals surface area contributed by atoms with E-state index in [4.69, 9.17) is 0 Å². The molecule has 2 aromatic rings. The first-order valence-electron chi connectivity index (χ1n) is 9.42. The third kappa shape index (κ3) is 3.42. The van der Waals surface area contributed by atoms with Crippen molar-refractivity contribution in [3.63, 3.8) is 0 Å². The van der Waals surface area contributed by atoms with E-state index in [0.29, 0.717) is 6.04 Å². The molecule has 3 heterocycles. The summed E-state index contributed by atoms with van der Waals surface area (Å²) in [6, 6.07) is 12.2. The molecule has 2 aliphatic rings. The van der Waals surface area contributed by atoms with Crippen LogP contribution in [0, 0.1) is 6.92 Å². The molecule has 1 aromatic heterocycles. The monoisotopic (exact) mass is 336 g/mol. The molecule has 25 heavy (non-hydrogen) atoms. The molecule has 0 bridgehead atoms. The predicted octanol–water partition coefficient (Wildman–Crippen LogP) is 3.18. The van der Waals surface area contributed by atoms with E-state index in [1.54, 1.807) is 6.20 Å². The van der Waals surface area contributed by atoms with Crippen LogP contribution >= 0.6 is 0 Å². The molecule has 0 amide bonds. The molecule has 2 saturated heterocycles. The summed E-state index contributed by atoms with van der Waals surface area (Å²) in [5, 5.41) is 4.44. The summed E-state index contributed by atoms with van der Waals surface area (Å²) in [4.78, 5) is 5.40. The Morgan fingerprint density at radius 2 is 2.08 bits per heavy atom. The smallest absolute Gasteiger partial charge is 0.0541 e. The number of hydrogen-bond donors (Lipinski definition) is 0. The van der Waals surface area contributed by atoms with E-state index >= 15 is 0 Å². The third-order valence-corrected chi connectivity index (χ3v) is 5.91. The maximum atomic E-state index is 4.44. The van der Waals surface area contributed by atoms with E-state index in [-0.39, 0.29) is 0 Å². The van der Waals surface area contributed by atoms with E-state index in [2.05, 4.69) is 58.7 Å². The topological polar surface area (TPSA) is 24.3 Å². The van der Waals surface area contributed by atoms with Crippen LogP contribution in [0.4, 0.5) is 0 Å². The van der Waals surface area contributed by atoms with Gasteiger partial charge in [0.05, 0.1) is 6.20 Å². The van der Waals surface area contributed by atoms with E-state index in [9.17, 15) is 0 Å². The van der Waals surface area contributed by atoms with Gasteiger partial charge in [-0.05, 0) is 38.3 Å². The molecule has 0 saturated carbocycles. The van der Waals surface area contributed by atoms with E-state index in [1.807, 2.05) is 10.9 Å². The highest BCUT2D eigenvalue weighted by molar-refractivity contribution is 5.26. The fourth-order valence-electron chi connectivity index (χ4n) is 4.44. The lowest BCUT2D eigenvalue weighted by atomic mass is 9.99. The highest BCUT2D eigenvalue weighted by Crippen LogP contribution is 2.28. The maximum absolute atomic E-state index is 4.44. The number of benzene rings is 1. The van der Waals surface area contributed by atoms with Crippen molar-refractivity contribution >= 4 is 6.20 Å². The summed E-state index contributed by atoms with van der Waals surface area (Å²) in [7, 11) is 0. The van der Waals surface area contributed by atoms with Crippen molar-refractivity contribution in [3.05, 3.63) is 59.9 Å². The standard InChI is InChI=1S/C21H28N4/c1-3-25-17(2)19(13-22-25)14-24-15-20-10-7-11-23(20)16-21(24)12-18-8-5-4-6-9-18/h3-6,8-9,13,20-21H,1,7,10-12,14-16H2,2H3/t20-,21-/m0/s1. The summed E-state index contributed by atoms with van der Waals surface area (Å²) in [6.07, 6.45) is 7.62. The van der Waals surface area contributed by atoms with Crippen molar-refractivity contribution in [3.8, 4) is 0 Å². The van der Waals surface area contributed by atoms with Crippen LogP contribution in [0.3, 0.4) is 0 Å². The number of aromatic nitrogens is 2. The second-order valence-electron chi connectivity index (χ2n) is 7.45. The van der Waals surface area contributed by atoms with Crippen molar-refractivity contribution in [2.75, 3.05) is 19.6 Å². The zero-order valence-corrected chi connectivity index (χ0v) is 15.1. The number of piperazine rings is 1. The van der Waals surface area contributed by atoms with Gasteiger partial charge in [-0.3, -0.25) is 9.80 Å². The van der Waals surface area contributed by atoms with Gasteiger partial charge in [0, 0.05) is 49.2 Å². The molecule has 4 heteroatoms. The van der Waals surface area contributed by atoms with Crippen molar-refractivity contribution < 1.29 is 0 Å². The van der Waals surface area contributed by atoms with Crippen LogP contribution in [0.15, 0.2) is 43.1 Å². The van der Waals surface area contributed by atoms with Crippen LogP contribution in [0.25, 0.3) is 6.20 Å².